The molecule has 1 heterocycles. The van der Waals surface area contributed by atoms with E-state index in [0.29, 0.717) is 6.54 Å². The number of methoxy groups -OCH3 is 2. The predicted molar refractivity (Wildman–Crippen MR) is 96.6 cm³/mol. The van der Waals surface area contributed by atoms with Crippen molar-refractivity contribution < 1.29 is 13.9 Å². The fraction of sp³-hybridized carbons (Fsp3) is 0.400. The van der Waals surface area contributed by atoms with Crippen LogP contribution >= 0.6 is 0 Å². The molecule has 0 amide bonds. The van der Waals surface area contributed by atoms with Crippen molar-refractivity contribution >= 4 is 0 Å². The van der Waals surface area contributed by atoms with Gasteiger partial charge in [0.25, 0.3) is 0 Å². The quantitative estimate of drug-likeness (QED) is 0.843. The largest absolute Gasteiger partial charge is 0.496 e. The normalized spacial score (nSPS) is 20.3. The minimum atomic E-state index is -0.323. The molecule has 0 radical (unpaired) electrons. The van der Waals surface area contributed by atoms with Crippen LogP contribution in [0, 0.1) is 5.82 Å². The van der Waals surface area contributed by atoms with E-state index in [1.807, 2.05) is 24.3 Å². The van der Waals surface area contributed by atoms with Gasteiger partial charge in [0, 0.05) is 24.2 Å². The summed E-state index contributed by atoms with van der Waals surface area (Å²) in [6.45, 7) is 1.65. The second-order valence-corrected chi connectivity index (χ2v) is 6.27. The van der Waals surface area contributed by atoms with Crippen molar-refractivity contribution in [3.63, 3.8) is 0 Å². The van der Waals surface area contributed by atoms with Crippen molar-refractivity contribution in [1.82, 2.24) is 10.6 Å². The molecular formula is C20H25FN2O2. The van der Waals surface area contributed by atoms with Gasteiger partial charge in [-0.1, -0.05) is 24.3 Å². The Labute approximate surface area is 148 Å². The third-order valence-corrected chi connectivity index (χ3v) is 4.74. The fourth-order valence-electron chi connectivity index (χ4n) is 3.42. The van der Waals surface area contributed by atoms with Crippen molar-refractivity contribution in [1.29, 1.82) is 0 Å². The Morgan fingerprint density at radius 3 is 2.68 bits per heavy atom. The summed E-state index contributed by atoms with van der Waals surface area (Å²) in [4.78, 5) is 0. The van der Waals surface area contributed by atoms with E-state index in [0.717, 1.165) is 36.3 Å². The van der Waals surface area contributed by atoms with Crippen LogP contribution in [0.2, 0.25) is 0 Å². The number of benzene rings is 2. The monoisotopic (exact) mass is 344 g/mol. The highest BCUT2D eigenvalue weighted by molar-refractivity contribution is 5.34. The van der Waals surface area contributed by atoms with Gasteiger partial charge in [0.15, 0.2) is 11.6 Å². The van der Waals surface area contributed by atoms with E-state index in [4.69, 9.17) is 9.47 Å². The Bertz CT molecular complexity index is 708. The van der Waals surface area contributed by atoms with Crippen LogP contribution in [0.4, 0.5) is 4.39 Å². The molecule has 1 aliphatic rings. The van der Waals surface area contributed by atoms with Crippen molar-refractivity contribution in [2.24, 2.45) is 0 Å². The van der Waals surface area contributed by atoms with Crippen molar-refractivity contribution in [2.75, 3.05) is 20.8 Å². The summed E-state index contributed by atoms with van der Waals surface area (Å²) in [7, 11) is 3.17. The van der Waals surface area contributed by atoms with Gasteiger partial charge in [-0.05, 0) is 43.1 Å². The highest BCUT2D eigenvalue weighted by Gasteiger charge is 2.26. The zero-order valence-corrected chi connectivity index (χ0v) is 14.7. The van der Waals surface area contributed by atoms with Gasteiger partial charge < -0.3 is 20.1 Å². The lowest BCUT2D eigenvalue weighted by Crippen LogP contribution is -2.45. The van der Waals surface area contributed by atoms with Crippen LogP contribution in [0.15, 0.2) is 42.5 Å². The molecule has 0 saturated carbocycles. The van der Waals surface area contributed by atoms with Gasteiger partial charge in [-0.3, -0.25) is 0 Å². The number of ether oxygens (including phenoxy) is 2. The molecule has 1 aliphatic heterocycles. The van der Waals surface area contributed by atoms with Crippen LogP contribution in [0.5, 0.6) is 11.5 Å². The molecule has 2 aromatic rings. The summed E-state index contributed by atoms with van der Waals surface area (Å²) in [6.07, 6.45) is 2.14. The fourth-order valence-corrected chi connectivity index (χ4v) is 3.42. The molecule has 4 nitrogen and oxygen atoms in total. The molecule has 1 saturated heterocycles. The first-order valence-electron chi connectivity index (χ1n) is 8.65. The molecule has 3 rings (SSSR count). The maximum atomic E-state index is 14.1. The molecule has 0 unspecified atom stereocenters. The number of halogens is 1. The summed E-state index contributed by atoms with van der Waals surface area (Å²) < 4.78 is 24.5. The molecule has 1 fully saturated rings. The summed E-state index contributed by atoms with van der Waals surface area (Å²) in [5, 5.41) is 7.13. The minimum absolute atomic E-state index is 0.0730. The molecular weight excluding hydrogens is 319 g/mol. The summed E-state index contributed by atoms with van der Waals surface area (Å²) in [5.74, 6) is 0.833. The van der Waals surface area contributed by atoms with E-state index in [9.17, 15) is 4.39 Å². The van der Waals surface area contributed by atoms with Crippen LogP contribution in [0.1, 0.15) is 30.0 Å². The van der Waals surface area contributed by atoms with E-state index in [1.165, 1.54) is 7.11 Å². The van der Waals surface area contributed by atoms with Gasteiger partial charge in [0.05, 0.1) is 14.2 Å². The first-order valence-corrected chi connectivity index (χ1v) is 8.65. The lowest BCUT2D eigenvalue weighted by molar-refractivity contribution is 0.301. The predicted octanol–water partition coefficient (Wildman–Crippen LogP) is 3.43. The molecule has 25 heavy (non-hydrogen) atoms. The van der Waals surface area contributed by atoms with Crippen LogP contribution in [-0.2, 0) is 6.54 Å². The number of para-hydroxylation sites is 1. The molecule has 0 aromatic heterocycles. The Hall–Kier alpha value is -2.11. The molecule has 2 atom stereocenters. The highest BCUT2D eigenvalue weighted by atomic mass is 19.1. The number of piperidine rings is 1. The summed E-state index contributed by atoms with van der Waals surface area (Å²) in [6, 6.07) is 13.5. The van der Waals surface area contributed by atoms with Crippen molar-refractivity contribution in [2.45, 2.75) is 31.5 Å². The molecule has 0 spiro atoms. The lowest BCUT2D eigenvalue weighted by atomic mass is 9.92. The number of hydrogen-bond acceptors (Lipinski definition) is 4. The zero-order chi connectivity index (χ0) is 17.6. The molecule has 134 valence electrons. The molecule has 2 aromatic carbocycles. The van der Waals surface area contributed by atoms with Gasteiger partial charge in [-0.15, -0.1) is 0 Å². The molecule has 0 aliphatic carbocycles. The van der Waals surface area contributed by atoms with Crippen molar-refractivity contribution in [3.05, 3.63) is 59.4 Å². The second kappa shape index (κ2) is 8.32. The van der Waals surface area contributed by atoms with Gasteiger partial charge in [0.2, 0.25) is 0 Å². The standard InChI is InChI=1S/C20H25FN2O2/c1-24-18-8-4-3-6-15(18)13-23-17-7-5-11-22-20(17)14-9-10-19(25-2)16(21)12-14/h3-4,6,8-10,12,17,20,22-23H,5,7,11,13H2,1-2H3/t17-,20-/m0/s1. The van der Waals surface area contributed by atoms with Gasteiger partial charge in [0.1, 0.15) is 5.75 Å². The number of nitrogens with one attached hydrogen (secondary N) is 2. The van der Waals surface area contributed by atoms with E-state index < -0.39 is 0 Å². The van der Waals surface area contributed by atoms with Gasteiger partial charge in [-0.2, -0.15) is 0 Å². The van der Waals surface area contributed by atoms with Crippen LogP contribution in [0.3, 0.4) is 0 Å². The summed E-state index contributed by atoms with van der Waals surface area (Å²) in [5.41, 5.74) is 2.06. The number of hydrogen-bond donors (Lipinski definition) is 2. The first kappa shape index (κ1) is 17.7. The molecule has 0 bridgehead atoms. The average Bonchev–Trinajstić information content (AvgIpc) is 2.66. The molecule has 5 heteroatoms. The number of rotatable bonds is 6. The van der Waals surface area contributed by atoms with Crippen LogP contribution in [0.25, 0.3) is 0 Å². The topological polar surface area (TPSA) is 42.5 Å². The third kappa shape index (κ3) is 4.11. The Morgan fingerprint density at radius 1 is 1.12 bits per heavy atom. The van der Waals surface area contributed by atoms with Gasteiger partial charge in [-0.25, -0.2) is 4.39 Å². The SMILES string of the molecule is COc1ccc([C@@H]2NCCC[C@@H]2NCc2ccccc2OC)cc1F. The van der Waals surface area contributed by atoms with Crippen molar-refractivity contribution in [3.8, 4) is 11.5 Å². The Kier molecular flexibility index (Phi) is 5.89. The maximum Gasteiger partial charge on any atom is 0.165 e. The Balaban J connectivity index is 1.74. The van der Waals surface area contributed by atoms with E-state index >= 15 is 0 Å². The zero-order valence-electron chi connectivity index (χ0n) is 14.7. The average molecular weight is 344 g/mol. The summed E-state index contributed by atoms with van der Waals surface area (Å²) >= 11 is 0. The van der Waals surface area contributed by atoms with E-state index in [-0.39, 0.29) is 23.7 Å². The molecule has 2 N–H and O–H groups in total. The lowest BCUT2D eigenvalue weighted by Gasteiger charge is -2.34. The van der Waals surface area contributed by atoms with Gasteiger partial charge >= 0.3 is 0 Å². The second-order valence-electron chi connectivity index (χ2n) is 6.27. The van der Waals surface area contributed by atoms with Crippen LogP contribution < -0.4 is 20.1 Å². The van der Waals surface area contributed by atoms with Crippen LogP contribution in [-0.4, -0.2) is 26.8 Å². The highest BCUT2D eigenvalue weighted by Crippen LogP contribution is 2.28. The smallest absolute Gasteiger partial charge is 0.165 e. The third-order valence-electron chi connectivity index (χ3n) is 4.74. The Morgan fingerprint density at radius 2 is 1.92 bits per heavy atom. The van der Waals surface area contributed by atoms with E-state index in [1.54, 1.807) is 19.2 Å². The minimum Gasteiger partial charge on any atom is -0.496 e. The van der Waals surface area contributed by atoms with E-state index in [2.05, 4.69) is 16.7 Å². The maximum absolute atomic E-state index is 14.1. The first-order chi connectivity index (χ1) is 12.2.